The summed E-state index contributed by atoms with van der Waals surface area (Å²) in [5.41, 5.74) is 3.11. The lowest BCUT2D eigenvalue weighted by molar-refractivity contribution is 0.619. The molecule has 0 radical (unpaired) electrons. The summed E-state index contributed by atoms with van der Waals surface area (Å²) >= 11 is 6.63. The van der Waals surface area contributed by atoms with Gasteiger partial charge in [-0.15, -0.1) is 0 Å². The lowest BCUT2D eigenvalue weighted by Gasteiger charge is -2.11. The monoisotopic (exact) mass is 371 g/mol. The SMILES string of the molecule is Cc1c(Br)cccc1NCc1ccc(Br)c(F)c1. The van der Waals surface area contributed by atoms with E-state index in [9.17, 15) is 4.39 Å². The summed E-state index contributed by atoms with van der Waals surface area (Å²) in [6, 6.07) is 11.1. The Bertz CT molecular complexity index is 570. The van der Waals surface area contributed by atoms with Crippen molar-refractivity contribution in [1.29, 1.82) is 0 Å². The van der Waals surface area contributed by atoms with Crippen LogP contribution in [0.4, 0.5) is 10.1 Å². The van der Waals surface area contributed by atoms with Crippen LogP contribution in [0.5, 0.6) is 0 Å². The van der Waals surface area contributed by atoms with Crippen molar-refractivity contribution in [3.63, 3.8) is 0 Å². The van der Waals surface area contributed by atoms with Crippen LogP contribution < -0.4 is 5.32 Å². The van der Waals surface area contributed by atoms with Crippen LogP contribution in [0.1, 0.15) is 11.1 Å². The summed E-state index contributed by atoms with van der Waals surface area (Å²) in [5, 5.41) is 3.30. The van der Waals surface area contributed by atoms with Crippen LogP contribution in [0.25, 0.3) is 0 Å². The molecule has 0 aromatic heterocycles. The van der Waals surface area contributed by atoms with Gasteiger partial charge >= 0.3 is 0 Å². The lowest BCUT2D eigenvalue weighted by atomic mass is 10.2. The van der Waals surface area contributed by atoms with Crippen LogP contribution in [-0.4, -0.2) is 0 Å². The smallest absolute Gasteiger partial charge is 0.137 e. The summed E-state index contributed by atoms with van der Waals surface area (Å²) < 4.78 is 14.9. The number of hydrogen-bond donors (Lipinski definition) is 1. The maximum Gasteiger partial charge on any atom is 0.137 e. The predicted molar refractivity (Wildman–Crippen MR) is 80.3 cm³/mol. The molecule has 0 unspecified atom stereocenters. The van der Waals surface area contributed by atoms with Gasteiger partial charge in [-0.3, -0.25) is 0 Å². The zero-order valence-corrected chi connectivity index (χ0v) is 13.0. The normalized spacial score (nSPS) is 10.4. The van der Waals surface area contributed by atoms with Crippen molar-refractivity contribution in [2.24, 2.45) is 0 Å². The van der Waals surface area contributed by atoms with Gasteiger partial charge in [0.15, 0.2) is 0 Å². The van der Waals surface area contributed by atoms with E-state index in [2.05, 4.69) is 37.2 Å². The number of rotatable bonds is 3. The quantitative estimate of drug-likeness (QED) is 0.773. The summed E-state index contributed by atoms with van der Waals surface area (Å²) in [6.07, 6.45) is 0. The van der Waals surface area contributed by atoms with E-state index in [0.29, 0.717) is 11.0 Å². The summed E-state index contributed by atoms with van der Waals surface area (Å²) in [4.78, 5) is 0. The van der Waals surface area contributed by atoms with Gasteiger partial charge in [0, 0.05) is 16.7 Å². The third-order valence-corrected chi connectivity index (χ3v) is 4.24. The number of benzene rings is 2. The predicted octanol–water partition coefficient (Wildman–Crippen LogP) is 5.27. The third-order valence-electron chi connectivity index (χ3n) is 2.73. The van der Waals surface area contributed by atoms with Crippen molar-refractivity contribution in [1.82, 2.24) is 0 Å². The maximum absolute atomic E-state index is 13.4. The number of nitrogens with one attached hydrogen (secondary N) is 1. The molecule has 0 aliphatic carbocycles. The molecule has 0 aliphatic rings. The Kier molecular flexibility index (Phi) is 4.40. The van der Waals surface area contributed by atoms with Crippen molar-refractivity contribution in [3.8, 4) is 0 Å². The molecule has 18 heavy (non-hydrogen) atoms. The minimum atomic E-state index is -0.236. The lowest BCUT2D eigenvalue weighted by Crippen LogP contribution is -2.01. The molecule has 2 aromatic carbocycles. The second kappa shape index (κ2) is 5.85. The first-order valence-corrected chi connectivity index (χ1v) is 7.09. The van der Waals surface area contributed by atoms with Gasteiger partial charge in [-0.2, -0.15) is 0 Å². The maximum atomic E-state index is 13.4. The van der Waals surface area contributed by atoms with Crippen molar-refractivity contribution >= 4 is 37.5 Å². The van der Waals surface area contributed by atoms with Crippen LogP contribution in [-0.2, 0) is 6.54 Å². The first kappa shape index (κ1) is 13.6. The second-order valence-corrected chi connectivity index (χ2v) is 5.72. The molecule has 0 fully saturated rings. The van der Waals surface area contributed by atoms with E-state index in [4.69, 9.17) is 0 Å². The van der Waals surface area contributed by atoms with Crippen LogP contribution in [0.3, 0.4) is 0 Å². The molecule has 94 valence electrons. The Morgan fingerprint density at radius 3 is 2.61 bits per heavy atom. The van der Waals surface area contributed by atoms with Gasteiger partial charge in [0.1, 0.15) is 5.82 Å². The van der Waals surface area contributed by atoms with Crippen molar-refractivity contribution in [3.05, 3.63) is 62.3 Å². The van der Waals surface area contributed by atoms with Crippen molar-refractivity contribution < 1.29 is 4.39 Å². The molecule has 1 N–H and O–H groups in total. The highest BCUT2D eigenvalue weighted by atomic mass is 79.9. The van der Waals surface area contributed by atoms with Crippen LogP contribution in [0, 0.1) is 12.7 Å². The van der Waals surface area contributed by atoms with E-state index in [1.165, 1.54) is 6.07 Å². The number of halogens is 3. The number of anilines is 1. The van der Waals surface area contributed by atoms with Gasteiger partial charge in [-0.1, -0.05) is 28.1 Å². The number of hydrogen-bond acceptors (Lipinski definition) is 1. The van der Waals surface area contributed by atoms with E-state index < -0.39 is 0 Å². The molecule has 2 aromatic rings. The first-order chi connectivity index (χ1) is 8.58. The summed E-state index contributed by atoms with van der Waals surface area (Å²) in [6.45, 7) is 2.63. The van der Waals surface area contributed by atoms with Gasteiger partial charge < -0.3 is 5.32 Å². The molecule has 0 spiro atoms. The molecule has 0 atom stereocenters. The molecule has 2 rings (SSSR count). The molecule has 0 saturated carbocycles. The minimum Gasteiger partial charge on any atom is -0.381 e. The van der Waals surface area contributed by atoms with Crippen molar-refractivity contribution in [2.75, 3.05) is 5.32 Å². The molecule has 0 heterocycles. The molecule has 4 heteroatoms. The fourth-order valence-electron chi connectivity index (χ4n) is 1.65. The first-order valence-electron chi connectivity index (χ1n) is 5.51. The summed E-state index contributed by atoms with van der Waals surface area (Å²) in [7, 11) is 0. The van der Waals surface area contributed by atoms with Crippen LogP contribution in [0.15, 0.2) is 45.3 Å². The Morgan fingerprint density at radius 2 is 1.89 bits per heavy atom. The molecular formula is C14H12Br2FN. The van der Waals surface area contributed by atoms with E-state index in [1.807, 2.05) is 31.2 Å². The molecule has 0 saturated heterocycles. The Labute approximate surface area is 123 Å². The van der Waals surface area contributed by atoms with Gasteiger partial charge in [0.25, 0.3) is 0 Å². The Hall–Kier alpha value is -0.870. The van der Waals surface area contributed by atoms with Gasteiger partial charge in [-0.25, -0.2) is 4.39 Å². The fourth-order valence-corrected chi connectivity index (χ4v) is 2.26. The minimum absolute atomic E-state index is 0.236. The summed E-state index contributed by atoms with van der Waals surface area (Å²) in [5.74, 6) is -0.236. The highest BCUT2D eigenvalue weighted by molar-refractivity contribution is 9.10. The molecule has 1 nitrogen and oxygen atoms in total. The van der Waals surface area contributed by atoms with Gasteiger partial charge in [-0.05, 0) is 58.2 Å². The molecular weight excluding hydrogens is 361 g/mol. The van der Waals surface area contributed by atoms with E-state index in [-0.39, 0.29) is 5.82 Å². The largest absolute Gasteiger partial charge is 0.381 e. The highest BCUT2D eigenvalue weighted by Crippen LogP contribution is 2.24. The second-order valence-electron chi connectivity index (χ2n) is 4.01. The standard InChI is InChI=1S/C14H12Br2FN/c1-9-11(15)3-2-4-14(9)18-8-10-5-6-12(16)13(17)7-10/h2-7,18H,8H2,1H3. The Balaban J connectivity index is 2.11. The van der Waals surface area contributed by atoms with Crippen LogP contribution in [0.2, 0.25) is 0 Å². The zero-order chi connectivity index (χ0) is 13.1. The average Bonchev–Trinajstić information content (AvgIpc) is 2.35. The van der Waals surface area contributed by atoms with E-state index in [1.54, 1.807) is 6.07 Å². The fraction of sp³-hybridized carbons (Fsp3) is 0.143. The highest BCUT2D eigenvalue weighted by Gasteiger charge is 2.03. The Morgan fingerprint density at radius 1 is 1.11 bits per heavy atom. The molecule has 0 amide bonds. The molecule has 0 aliphatic heterocycles. The third kappa shape index (κ3) is 3.12. The van der Waals surface area contributed by atoms with Gasteiger partial charge in [0.05, 0.1) is 4.47 Å². The van der Waals surface area contributed by atoms with Crippen LogP contribution >= 0.6 is 31.9 Å². The topological polar surface area (TPSA) is 12.0 Å². The van der Waals surface area contributed by atoms with Crippen molar-refractivity contribution in [2.45, 2.75) is 13.5 Å². The van der Waals surface area contributed by atoms with Gasteiger partial charge in [0.2, 0.25) is 0 Å². The van der Waals surface area contributed by atoms with E-state index >= 15 is 0 Å². The zero-order valence-electron chi connectivity index (χ0n) is 9.81. The molecule has 0 bridgehead atoms. The van der Waals surface area contributed by atoms with E-state index in [0.717, 1.165) is 21.3 Å². The average molecular weight is 373 g/mol.